The van der Waals surface area contributed by atoms with Crippen LogP contribution in [0.2, 0.25) is 0 Å². The smallest absolute Gasteiger partial charge is 0.337 e. The molecule has 0 aliphatic heterocycles. The molecule has 5 heteroatoms. The van der Waals surface area contributed by atoms with E-state index < -0.39 is 5.91 Å². The highest BCUT2D eigenvalue weighted by atomic mass is 16.5. The van der Waals surface area contributed by atoms with Crippen LogP contribution in [0.3, 0.4) is 0 Å². The van der Waals surface area contributed by atoms with Crippen LogP contribution >= 0.6 is 0 Å². The van der Waals surface area contributed by atoms with Crippen molar-refractivity contribution in [3.63, 3.8) is 0 Å². The molecule has 0 aliphatic rings. The molecule has 0 atom stereocenters. The summed E-state index contributed by atoms with van der Waals surface area (Å²) in [7, 11) is 1.36. The number of esters is 1. The Hall–Kier alpha value is -3.34. The lowest BCUT2D eigenvalue weighted by atomic mass is 9.96. The molecule has 1 aromatic heterocycles. The second kappa shape index (κ2) is 9.65. The first-order valence-electron chi connectivity index (χ1n) is 10.6. The molecular formula is C26H30N2O3. The van der Waals surface area contributed by atoms with Gasteiger partial charge in [0, 0.05) is 23.5 Å². The number of rotatable bonds is 8. The summed E-state index contributed by atoms with van der Waals surface area (Å²) in [5.74, 6) is -0.827. The van der Waals surface area contributed by atoms with Crippen molar-refractivity contribution >= 4 is 11.9 Å². The van der Waals surface area contributed by atoms with Gasteiger partial charge in [-0.15, -0.1) is 0 Å². The van der Waals surface area contributed by atoms with Gasteiger partial charge in [0.1, 0.15) is 0 Å². The Morgan fingerprint density at radius 3 is 2.35 bits per heavy atom. The van der Waals surface area contributed by atoms with Crippen molar-refractivity contribution in [1.29, 1.82) is 0 Å². The zero-order valence-corrected chi connectivity index (χ0v) is 18.7. The van der Waals surface area contributed by atoms with E-state index in [2.05, 4.69) is 42.7 Å². The summed E-state index contributed by atoms with van der Waals surface area (Å²) in [6, 6.07) is 15.6. The third kappa shape index (κ3) is 4.71. The number of amides is 1. The molecule has 5 nitrogen and oxygen atoms in total. The summed E-state index contributed by atoms with van der Waals surface area (Å²) >= 11 is 0. The van der Waals surface area contributed by atoms with Crippen LogP contribution in [0.25, 0.3) is 11.1 Å². The van der Waals surface area contributed by atoms with Crippen LogP contribution in [0.5, 0.6) is 0 Å². The Balaban J connectivity index is 2.18. The third-order valence-electron chi connectivity index (χ3n) is 5.66. The molecule has 3 rings (SSSR count). The minimum Gasteiger partial charge on any atom is -0.465 e. The number of aryl methyl sites for hydroxylation is 1. The van der Waals surface area contributed by atoms with Crippen molar-refractivity contribution in [2.24, 2.45) is 5.73 Å². The first-order valence-corrected chi connectivity index (χ1v) is 10.6. The molecule has 1 amide bonds. The monoisotopic (exact) mass is 418 g/mol. The maximum Gasteiger partial charge on any atom is 0.337 e. The fraction of sp³-hybridized carbons (Fsp3) is 0.308. The van der Waals surface area contributed by atoms with Gasteiger partial charge in [-0.2, -0.15) is 0 Å². The van der Waals surface area contributed by atoms with Crippen LogP contribution in [0.15, 0.2) is 48.5 Å². The van der Waals surface area contributed by atoms with Gasteiger partial charge >= 0.3 is 5.97 Å². The number of unbranched alkanes of at least 4 members (excludes halogenated alkanes) is 1. The minimum atomic E-state index is -0.440. The molecule has 0 unspecified atom stereocenters. The van der Waals surface area contributed by atoms with Crippen molar-refractivity contribution in [3.8, 4) is 11.1 Å². The van der Waals surface area contributed by atoms with Crippen LogP contribution in [0, 0.1) is 13.8 Å². The molecule has 31 heavy (non-hydrogen) atoms. The number of hydrogen-bond acceptors (Lipinski definition) is 3. The lowest BCUT2D eigenvalue weighted by Gasteiger charge is -2.14. The van der Waals surface area contributed by atoms with Crippen molar-refractivity contribution in [2.75, 3.05) is 7.11 Å². The van der Waals surface area contributed by atoms with E-state index in [1.54, 1.807) is 12.1 Å². The van der Waals surface area contributed by atoms with Gasteiger partial charge in [0.05, 0.1) is 18.2 Å². The second-order valence-corrected chi connectivity index (χ2v) is 7.89. The van der Waals surface area contributed by atoms with Gasteiger partial charge in [0.25, 0.3) is 5.91 Å². The number of carbonyl (C=O) groups is 2. The molecule has 0 spiro atoms. The fourth-order valence-corrected chi connectivity index (χ4v) is 4.11. The highest BCUT2D eigenvalue weighted by molar-refractivity contribution is 6.02. The van der Waals surface area contributed by atoms with Crippen molar-refractivity contribution in [3.05, 3.63) is 82.2 Å². The molecule has 0 fully saturated rings. The van der Waals surface area contributed by atoms with Crippen molar-refractivity contribution in [2.45, 2.75) is 46.6 Å². The van der Waals surface area contributed by atoms with Gasteiger partial charge in [0.2, 0.25) is 0 Å². The largest absolute Gasteiger partial charge is 0.465 e. The van der Waals surface area contributed by atoms with Gasteiger partial charge in [-0.3, -0.25) is 4.79 Å². The normalized spacial score (nSPS) is 10.8. The maximum absolute atomic E-state index is 12.5. The zero-order valence-electron chi connectivity index (χ0n) is 18.7. The number of nitrogens with two attached hydrogens (primary N) is 1. The standard InChI is InChI=1S/C26H30N2O3/c1-5-6-10-22-24(20-11-13-21(14-12-20)26(30)31-4)23(25(27)29)18(3)28(22)16-19-9-7-8-17(2)15-19/h7-9,11-15H,5-6,10,16H2,1-4H3,(H2,27,29). The maximum atomic E-state index is 12.5. The molecule has 162 valence electrons. The molecule has 3 aromatic rings. The third-order valence-corrected chi connectivity index (χ3v) is 5.66. The van der Waals surface area contributed by atoms with Crippen LogP contribution in [-0.4, -0.2) is 23.6 Å². The molecule has 1 heterocycles. The van der Waals surface area contributed by atoms with Crippen LogP contribution in [0.4, 0.5) is 0 Å². The zero-order chi connectivity index (χ0) is 22.5. The summed E-state index contributed by atoms with van der Waals surface area (Å²) in [4.78, 5) is 24.4. The van der Waals surface area contributed by atoms with E-state index in [-0.39, 0.29) is 5.97 Å². The molecule has 0 saturated heterocycles. The number of aromatic nitrogens is 1. The van der Waals surface area contributed by atoms with Crippen LogP contribution in [-0.2, 0) is 17.7 Å². The first-order chi connectivity index (χ1) is 14.9. The van der Waals surface area contributed by atoms with E-state index in [1.807, 2.05) is 19.1 Å². The van der Waals surface area contributed by atoms with E-state index in [0.717, 1.165) is 41.8 Å². The van der Waals surface area contributed by atoms with E-state index in [9.17, 15) is 9.59 Å². The minimum absolute atomic E-state index is 0.388. The number of nitrogens with zero attached hydrogens (tertiary/aromatic N) is 1. The number of ether oxygens (including phenoxy) is 1. The predicted molar refractivity (Wildman–Crippen MR) is 123 cm³/mol. The van der Waals surface area contributed by atoms with Gasteiger partial charge in [-0.1, -0.05) is 55.3 Å². The Morgan fingerprint density at radius 2 is 1.77 bits per heavy atom. The number of benzene rings is 2. The van der Waals surface area contributed by atoms with Crippen molar-refractivity contribution < 1.29 is 14.3 Å². The van der Waals surface area contributed by atoms with Crippen molar-refractivity contribution in [1.82, 2.24) is 4.57 Å². The van der Waals surface area contributed by atoms with E-state index in [0.29, 0.717) is 17.7 Å². The topological polar surface area (TPSA) is 74.3 Å². The number of carbonyl (C=O) groups excluding carboxylic acids is 2. The number of methoxy groups -OCH3 is 1. The first kappa shape index (κ1) is 22.3. The summed E-state index contributed by atoms with van der Waals surface area (Å²) in [6.07, 6.45) is 2.88. The Kier molecular flexibility index (Phi) is 6.95. The predicted octanol–water partition coefficient (Wildman–Crippen LogP) is 5.05. The molecule has 2 N–H and O–H groups in total. The van der Waals surface area contributed by atoms with Gasteiger partial charge < -0.3 is 15.0 Å². The van der Waals surface area contributed by atoms with Gasteiger partial charge in [-0.25, -0.2) is 4.79 Å². The molecule has 0 bridgehead atoms. The number of hydrogen-bond donors (Lipinski definition) is 1. The quantitative estimate of drug-likeness (QED) is 0.520. The number of primary amides is 1. The highest BCUT2D eigenvalue weighted by Gasteiger charge is 2.25. The van der Waals surface area contributed by atoms with Gasteiger partial charge in [-0.05, 0) is 49.9 Å². The SMILES string of the molecule is CCCCc1c(-c2ccc(C(=O)OC)cc2)c(C(N)=O)c(C)n1Cc1cccc(C)c1. The van der Waals surface area contributed by atoms with Crippen LogP contribution in [0.1, 0.15) is 63.0 Å². The van der Waals surface area contributed by atoms with Crippen LogP contribution < -0.4 is 5.73 Å². The Bertz CT molecular complexity index is 1090. The van der Waals surface area contributed by atoms with E-state index >= 15 is 0 Å². The molecule has 0 saturated carbocycles. The van der Waals surface area contributed by atoms with E-state index in [4.69, 9.17) is 10.5 Å². The Morgan fingerprint density at radius 1 is 1.06 bits per heavy atom. The molecule has 0 radical (unpaired) electrons. The fourth-order valence-electron chi connectivity index (χ4n) is 4.11. The van der Waals surface area contributed by atoms with E-state index in [1.165, 1.54) is 18.2 Å². The molecule has 0 aliphatic carbocycles. The van der Waals surface area contributed by atoms with Gasteiger partial charge in [0.15, 0.2) is 0 Å². The molecule has 2 aromatic carbocycles. The highest BCUT2D eigenvalue weighted by Crippen LogP contribution is 2.34. The second-order valence-electron chi connectivity index (χ2n) is 7.89. The summed E-state index contributed by atoms with van der Waals surface area (Å²) in [5.41, 5.74) is 13.0. The lowest BCUT2D eigenvalue weighted by molar-refractivity contribution is 0.0600. The summed E-state index contributed by atoms with van der Waals surface area (Å²) < 4.78 is 7.02. The summed E-state index contributed by atoms with van der Waals surface area (Å²) in [6.45, 7) is 6.86. The lowest BCUT2D eigenvalue weighted by Crippen LogP contribution is -2.13. The average molecular weight is 419 g/mol. The average Bonchev–Trinajstić information content (AvgIpc) is 3.03. The Labute approximate surface area is 183 Å². The molecular weight excluding hydrogens is 388 g/mol. The summed E-state index contributed by atoms with van der Waals surface area (Å²) in [5, 5.41) is 0.